The largest absolute Gasteiger partial charge is 0.491 e. The minimum absolute atomic E-state index is 0.00916. The van der Waals surface area contributed by atoms with Gasteiger partial charge in [-0.2, -0.15) is 0 Å². The SMILES string of the molecule is C[C@@H]1COc2ccc(-c3cncnc3)cc2CN1C(=O)c1cccn1C. The fraction of sp³-hybridized carbons (Fsp3) is 0.250. The number of fused-ring (bicyclic) bond motifs is 1. The first-order valence-corrected chi connectivity index (χ1v) is 8.57. The van der Waals surface area contributed by atoms with Crippen LogP contribution in [-0.2, 0) is 13.6 Å². The summed E-state index contributed by atoms with van der Waals surface area (Å²) in [6.45, 7) is 2.98. The van der Waals surface area contributed by atoms with Crippen molar-refractivity contribution in [2.75, 3.05) is 6.61 Å². The lowest BCUT2D eigenvalue weighted by Crippen LogP contribution is -2.40. The highest BCUT2D eigenvalue weighted by atomic mass is 16.5. The van der Waals surface area contributed by atoms with Crippen LogP contribution in [0.2, 0.25) is 0 Å². The van der Waals surface area contributed by atoms with Crippen molar-refractivity contribution in [2.45, 2.75) is 19.5 Å². The number of hydrogen-bond acceptors (Lipinski definition) is 4. The van der Waals surface area contributed by atoms with Crippen molar-refractivity contribution in [1.29, 1.82) is 0 Å². The molecule has 0 saturated heterocycles. The molecule has 1 atom stereocenters. The molecule has 0 radical (unpaired) electrons. The first-order valence-electron chi connectivity index (χ1n) is 8.57. The van der Waals surface area contributed by atoms with Crippen LogP contribution in [0, 0.1) is 0 Å². The Morgan fingerprint density at radius 3 is 2.73 bits per heavy atom. The van der Waals surface area contributed by atoms with Crippen LogP contribution in [0.4, 0.5) is 0 Å². The van der Waals surface area contributed by atoms with E-state index in [0.29, 0.717) is 18.8 Å². The van der Waals surface area contributed by atoms with Gasteiger partial charge in [0.1, 0.15) is 24.4 Å². The van der Waals surface area contributed by atoms with Crippen molar-refractivity contribution in [2.24, 2.45) is 7.05 Å². The van der Waals surface area contributed by atoms with Crippen molar-refractivity contribution in [1.82, 2.24) is 19.4 Å². The van der Waals surface area contributed by atoms with Gasteiger partial charge in [0.2, 0.25) is 0 Å². The number of benzene rings is 1. The molecule has 132 valence electrons. The number of rotatable bonds is 2. The molecule has 3 heterocycles. The molecule has 2 aromatic heterocycles. The van der Waals surface area contributed by atoms with Crippen LogP contribution in [-0.4, -0.2) is 38.0 Å². The van der Waals surface area contributed by atoms with Gasteiger partial charge in [0.25, 0.3) is 5.91 Å². The summed E-state index contributed by atoms with van der Waals surface area (Å²) < 4.78 is 7.79. The smallest absolute Gasteiger partial charge is 0.271 e. The molecule has 26 heavy (non-hydrogen) atoms. The van der Waals surface area contributed by atoms with E-state index in [1.54, 1.807) is 12.4 Å². The van der Waals surface area contributed by atoms with E-state index < -0.39 is 0 Å². The highest BCUT2D eigenvalue weighted by molar-refractivity contribution is 5.93. The van der Waals surface area contributed by atoms with Crippen LogP contribution >= 0.6 is 0 Å². The summed E-state index contributed by atoms with van der Waals surface area (Å²) in [6.07, 6.45) is 6.95. The van der Waals surface area contributed by atoms with Crippen molar-refractivity contribution < 1.29 is 9.53 Å². The van der Waals surface area contributed by atoms with Crippen LogP contribution in [0.1, 0.15) is 23.0 Å². The molecule has 0 spiro atoms. The molecule has 0 N–H and O–H groups in total. The molecule has 6 heteroatoms. The number of nitrogens with zero attached hydrogens (tertiary/aromatic N) is 4. The number of hydrogen-bond donors (Lipinski definition) is 0. The average molecular weight is 348 g/mol. The Balaban J connectivity index is 1.69. The highest BCUT2D eigenvalue weighted by Gasteiger charge is 2.27. The Morgan fingerprint density at radius 2 is 2.00 bits per heavy atom. The van der Waals surface area contributed by atoms with Crippen LogP contribution in [0.25, 0.3) is 11.1 Å². The predicted octanol–water partition coefficient (Wildman–Crippen LogP) is 2.91. The van der Waals surface area contributed by atoms with E-state index in [1.165, 1.54) is 6.33 Å². The third-order valence-corrected chi connectivity index (χ3v) is 4.73. The Labute approximate surface area is 152 Å². The second kappa shape index (κ2) is 6.63. The zero-order valence-electron chi connectivity index (χ0n) is 14.8. The third kappa shape index (κ3) is 2.94. The first-order chi connectivity index (χ1) is 12.6. The summed E-state index contributed by atoms with van der Waals surface area (Å²) in [4.78, 5) is 23.1. The van der Waals surface area contributed by atoms with Gasteiger partial charge in [0, 0.05) is 36.8 Å². The summed E-state index contributed by atoms with van der Waals surface area (Å²) in [7, 11) is 1.88. The molecular formula is C20H20N4O2. The normalized spacial score (nSPS) is 16.5. The van der Waals surface area contributed by atoms with Gasteiger partial charge >= 0.3 is 0 Å². The lowest BCUT2D eigenvalue weighted by molar-refractivity contribution is 0.0635. The molecule has 0 unspecified atom stereocenters. The van der Waals surface area contributed by atoms with Crippen LogP contribution in [0.3, 0.4) is 0 Å². The predicted molar refractivity (Wildman–Crippen MR) is 97.7 cm³/mol. The minimum Gasteiger partial charge on any atom is -0.491 e. The number of aromatic nitrogens is 3. The van der Waals surface area contributed by atoms with Crippen molar-refractivity contribution in [3.05, 3.63) is 66.5 Å². The summed E-state index contributed by atoms with van der Waals surface area (Å²) in [5.41, 5.74) is 3.60. The zero-order valence-corrected chi connectivity index (χ0v) is 14.8. The molecule has 1 aromatic carbocycles. The van der Waals surface area contributed by atoms with E-state index in [-0.39, 0.29) is 11.9 Å². The Bertz CT molecular complexity index is 936. The number of carbonyl (C=O) groups excluding carboxylic acids is 1. The summed E-state index contributed by atoms with van der Waals surface area (Å²) in [5.74, 6) is 0.828. The van der Waals surface area contributed by atoms with Gasteiger partial charge in [-0.25, -0.2) is 9.97 Å². The summed E-state index contributed by atoms with van der Waals surface area (Å²) in [6, 6.07) is 9.72. The van der Waals surface area contributed by atoms with E-state index in [1.807, 2.05) is 53.9 Å². The molecule has 0 saturated carbocycles. The van der Waals surface area contributed by atoms with Gasteiger partial charge in [-0.15, -0.1) is 0 Å². The molecule has 1 aliphatic heterocycles. The van der Waals surface area contributed by atoms with Gasteiger partial charge in [-0.05, 0) is 36.8 Å². The first kappa shape index (κ1) is 16.3. The van der Waals surface area contributed by atoms with Crippen LogP contribution in [0.5, 0.6) is 5.75 Å². The standard InChI is InChI=1S/C20H20N4O2/c1-14-12-26-19-6-5-15(17-9-21-13-22-10-17)8-16(19)11-24(14)20(25)18-4-3-7-23(18)2/h3-10,13-14H,11-12H2,1-2H3/t14-/m1/s1. The van der Waals surface area contributed by atoms with Crippen LogP contribution in [0.15, 0.2) is 55.2 Å². The van der Waals surface area contributed by atoms with Crippen molar-refractivity contribution in [3.63, 3.8) is 0 Å². The maximum atomic E-state index is 13.0. The van der Waals surface area contributed by atoms with Gasteiger partial charge in [-0.3, -0.25) is 4.79 Å². The lowest BCUT2D eigenvalue weighted by atomic mass is 10.0. The number of ether oxygens (including phenoxy) is 1. The quantitative estimate of drug-likeness (QED) is 0.714. The molecule has 0 bridgehead atoms. The summed E-state index contributed by atoms with van der Waals surface area (Å²) in [5, 5.41) is 0. The van der Waals surface area contributed by atoms with E-state index in [4.69, 9.17) is 4.74 Å². The molecule has 3 aromatic rings. The molecule has 0 fully saturated rings. The highest BCUT2D eigenvalue weighted by Crippen LogP contribution is 2.30. The summed E-state index contributed by atoms with van der Waals surface area (Å²) >= 11 is 0. The number of aryl methyl sites for hydroxylation is 1. The van der Waals surface area contributed by atoms with E-state index in [0.717, 1.165) is 22.4 Å². The minimum atomic E-state index is -0.0201. The molecule has 6 nitrogen and oxygen atoms in total. The topological polar surface area (TPSA) is 60.3 Å². The monoisotopic (exact) mass is 348 g/mol. The van der Waals surface area contributed by atoms with Gasteiger partial charge in [-0.1, -0.05) is 6.07 Å². The zero-order chi connectivity index (χ0) is 18.1. The molecule has 1 aliphatic rings. The number of carbonyl (C=O) groups is 1. The van der Waals surface area contributed by atoms with Crippen molar-refractivity contribution in [3.8, 4) is 16.9 Å². The van der Waals surface area contributed by atoms with Gasteiger partial charge in [0.15, 0.2) is 0 Å². The fourth-order valence-electron chi connectivity index (χ4n) is 3.21. The maximum Gasteiger partial charge on any atom is 0.271 e. The second-order valence-corrected chi connectivity index (χ2v) is 6.55. The lowest BCUT2D eigenvalue weighted by Gasteiger charge is -2.26. The fourth-order valence-corrected chi connectivity index (χ4v) is 3.21. The molecule has 0 aliphatic carbocycles. The molecule has 4 rings (SSSR count). The Kier molecular flexibility index (Phi) is 4.16. The van der Waals surface area contributed by atoms with Gasteiger partial charge in [0.05, 0.1) is 12.6 Å². The number of amides is 1. The Morgan fingerprint density at radius 1 is 1.19 bits per heavy atom. The van der Waals surface area contributed by atoms with Gasteiger partial charge < -0.3 is 14.2 Å². The second-order valence-electron chi connectivity index (χ2n) is 6.55. The van der Waals surface area contributed by atoms with Crippen LogP contribution < -0.4 is 4.74 Å². The third-order valence-electron chi connectivity index (χ3n) is 4.73. The average Bonchev–Trinajstić information content (AvgIpc) is 3.03. The molecular weight excluding hydrogens is 328 g/mol. The van der Waals surface area contributed by atoms with Crippen molar-refractivity contribution >= 4 is 5.91 Å². The van der Waals surface area contributed by atoms with E-state index >= 15 is 0 Å². The van der Waals surface area contributed by atoms with E-state index in [9.17, 15) is 4.79 Å². The molecule has 1 amide bonds. The maximum absolute atomic E-state index is 13.0. The van der Waals surface area contributed by atoms with E-state index in [2.05, 4.69) is 16.0 Å². The Hall–Kier alpha value is -3.15.